The minimum atomic E-state index is -1.83. The molecule has 0 spiro atoms. The van der Waals surface area contributed by atoms with E-state index in [0.29, 0.717) is 23.4 Å². The van der Waals surface area contributed by atoms with Gasteiger partial charge in [-0.2, -0.15) is 0 Å². The van der Waals surface area contributed by atoms with Crippen LogP contribution in [0.3, 0.4) is 0 Å². The fourth-order valence-electron chi connectivity index (χ4n) is 4.23. The normalized spacial score (nSPS) is 20.9. The molecule has 1 aliphatic carbocycles. The van der Waals surface area contributed by atoms with E-state index in [9.17, 15) is 14.7 Å². The molecule has 2 aromatic rings. The van der Waals surface area contributed by atoms with Gasteiger partial charge in [-0.1, -0.05) is 36.4 Å². The van der Waals surface area contributed by atoms with Crippen molar-refractivity contribution >= 4 is 17.4 Å². The van der Waals surface area contributed by atoms with E-state index in [4.69, 9.17) is 0 Å². The SMILES string of the molecule is C=CCN1C(=O)C(O)(CC(=O)c2ccc3c(c2)CCCC3)c2ccccc21. The topological polar surface area (TPSA) is 57.6 Å². The summed E-state index contributed by atoms with van der Waals surface area (Å²) in [5, 5.41) is 11.2. The molecule has 1 aliphatic heterocycles. The summed E-state index contributed by atoms with van der Waals surface area (Å²) in [6.45, 7) is 3.98. The molecule has 1 unspecified atom stereocenters. The molecule has 4 heteroatoms. The Balaban J connectivity index is 1.66. The van der Waals surface area contributed by atoms with E-state index < -0.39 is 11.5 Å². The van der Waals surface area contributed by atoms with Crippen LogP contribution in [0.25, 0.3) is 0 Å². The summed E-state index contributed by atoms with van der Waals surface area (Å²) < 4.78 is 0. The molecule has 2 aliphatic rings. The fraction of sp³-hybridized carbons (Fsp3) is 0.304. The standard InChI is InChI=1S/C23H23NO3/c1-2-13-24-20-10-6-5-9-19(20)23(27,22(24)26)15-21(25)18-12-11-16-7-3-4-8-17(16)14-18/h2,5-6,9-12,14,27H,1,3-4,7-8,13,15H2. The highest BCUT2D eigenvalue weighted by atomic mass is 16.3. The number of amides is 1. The van der Waals surface area contributed by atoms with Crippen LogP contribution in [-0.4, -0.2) is 23.3 Å². The highest BCUT2D eigenvalue weighted by molar-refractivity contribution is 6.10. The van der Waals surface area contributed by atoms with Crippen molar-refractivity contribution in [1.29, 1.82) is 0 Å². The Hall–Kier alpha value is -2.72. The molecular weight excluding hydrogens is 338 g/mol. The lowest BCUT2D eigenvalue weighted by molar-refractivity contribution is -0.135. The van der Waals surface area contributed by atoms with Crippen molar-refractivity contribution in [2.75, 3.05) is 11.4 Å². The average molecular weight is 361 g/mol. The molecule has 2 aromatic carbocycles. The van der Waals surface area contributed by atoms with Crippen LogP contribution in [0.4, 0.5) is 5.69 Å². The maximum atomic E-state index is 13.0. The van der Waals surface area contributed by atoms with Gasteiger partial charge in [-0.25, -0.2) is 0 Å². The molecule has 4 rings (SSSR count). The summed E-state index contributed by atoms with van der Waals surface area (Å²) in [5.41, 5.74) is 2.39. The van der Waals surface area contributed by atoms with E-state index in [1.807, 2.05) is 24.3 Å². The summed E-state index contributed by atoms with van der Waals surface area (Å²) in [4.78, 5) is 27.4. The number of nitrogens with zero attached hydrogens (tertiary/aromatic N) is 1. The van der Waals surface area contributed by atoms with Gasteiger partial charge in [0.15, 0.2) is 11.4 Å². The second kappa shape index (κ2) is 6.78. The predicted molar refractivity (Wildman–Crippen MR) is 105 cm³/mol. The van der Waals surface area contributed by atoms with Crippen molar-refractivity contribution in [2.24, 2.45) is 0 Å². The molecule has 27 heavy (non-hydrogen) atoms. The number of hydrogen-bond donors (Lipinski definition) is 1. The van der Waals surface area contributed by atoms with Gasteiger partial charge in [-0.05, 0) is 48.9 Å². The van der Waals surface area contributed by atoms with E-state index in [0.717, 1.165) is 19.3 Å². The Morgan fingerprint density at radius 1 is 1.15 bits per heavy atom. The Labute approximate surface area is 159 Å². The summed E-state index contributed by atoms with van der Waals surface area (Å²) in [6, 6.07) is 12.9. The van der Waals surface area contributed by atoms with Crippen LogP contribution in [0.15, 0.2) is 55.1 Å². The molecule has 1 atom stereocenters. The van der Waals surface area contributed by atoms with Gasteiger partial charge >= 0.3 is 0 Å². The Kier molecular flexibility index (Phi) is 4.44. The number of anilines is 1. The van der Waals surface area contributed by atoms with Gasteiger partial charge in [0.2, 0.25) is 0 Å². The first-order chi connectivity index (χ1) is 13.0. The summed E-state index contributed by atoms with van der Waals surface area (Å²) in [5.74, 6) is -0.676. The third-order valence-corrected chi connectivity index (χ3v) is 5.64. The van der Waals surface area contributed by atoms with Gasteiger partial charge in [-0.3, -0.25) is 9.59 Å². The van der Waals surface area contributed by atoms with Crippen molar-refractivity contribution < 1.29 is 14.7 Å². The highest BCUT2D eigenvalue weighted by Gasteiger charge is 2.50. The third kappa shape index (κ3) is 2.90. The monoisotopic (exact) mass is 361 g/mol. The van der Waals surface area contributed by atoms with Crippen molar-refractivity contribution in [1.82, 2.24) is 0 Å². The summed E-state index contributed by atoms with van der Waals surface area (Å²) in [7, 11) is 0. The van der Waals surface area contributed by atoms with Crippen LogP contribution in [-0.2, 0) is 23.2 Å². The summed E-state index contributed by atoms with van der Waals surface area (Å²) in [6.07, 6.45) is 5.72. The number of benzene rings is 2. The molecule has 1 N–H and O–H groups in total. The third-order valence-electron chi connectivity index (χ3n) is 5.64. The second-order valence-corrected chi connectivity index (χ2v) is 7.37. The van der Waals surface area contributed by atoms with Crippen LogP contribution in [0.5, 0.6) is 0 Å². The van der Waals surface area contributed by atoms with Gasteiger partial charge in [0, 0.05) is 17.7 Å². The van der Waals surface area contributed by atoms with Gasteiger partial charge in [0.25, 0.3) is 5.91 Å². The van der Waals surface area contributed by atoms with E-state index in [1.165, 1.54) is 22.4 Å². The lowest BCUT2D eigenvalue weighted by Crippen LogP contribution is -2.41. The van der Waals surface area contributed by atoms with Gasteiger partial charge in [0.05, 0.1) is 12.1 Å². The molecule has 0 fully saturated rings. The smallest absolute Gasteiger partial charge is 0.264 e. The lowest BCUT2D eigenvalue weighted by Gasteiger charge is -2.22. The predicted octanol–water partition coefficient (Wildman–Crippen LogP) is 3.56. The Morgan fingerprint density at radius 2 is 1.89 bits per heavy atom. The minimum Gasteiger partial charge on any atom is -0.375 e. The second-order valence-electron chi connectivity index (χ2n) is 7.37. The van der Waals surface area contributed by atoms with Crippen LogP contribution < -0.4 is 4.90 Å². The molecule has 0 bridgehead atoms. The van der Waals surface area contributed by atoms with Crippen molar-refractivity contribution in [3.63, 3.8) is 0 Å². The summed E-state index contributed by atoms with van der Waals surface area (Å²) >= 11 is 0. The molecule has 0 saturated heterocycles. The first-order valence-corrected chi connectivity index (χ1v) is 9.44. The fourth-order valence-corrected chi connectivity index (χ4v) is 4.23. The number of aliphatic hydroxyl groups is 1. The zero-order valence-electron chi connectivity index (χ0n) is 15.3. The molecule has 1 amide bonds. The van der Waals surface area contributed by atoms with Crippen LogP contribution in [0, 0.1) is 0 Å². The molecule has 0 radical (unpaired) electrons. The number of carbonyl (C=O) groups excluding carboxylic acids is 2. The van der Waals surface area contributed by atoms with Crippen molar-refractivity contribution in [3.8, 4) is 0 Å². The van der Waals surface area contributed by atoms with Gasteiger partial charge < -0.3 is 10.0 Å². The number of hydrogen-bond acceptors (Lipinski definition) is 3. The van der Waals surface area contributed by atoms with Crippen LogP contribution in [0.1, 0.15) is 46.3 Å². The highest BCUT2D eigenvalue weighted by Crippen LogP contribution is 2.42. The van der Waals surface area contributed by atoms with Crippen LogP contribution in [0.2, 0.25) is 0 Å². The number of ketones is 1. The molecule has 138 valence electrons. The number of Topliss-reactive ketones (excluding diaryl/α,β-unsaturated/α-hetero) is 1. The first-order valence-electron chi connectivity index (χ1n) is 9.44. The molecule has 0 saturated carbocycles. The Morgan fingerprint density at radius 3 is 2.67 bits per heavy atom. The number of carbonyl (C=O) groups is 2. The first kappa shape index (κ1) is 17.7. The zero-order valence-corrected chi connectivity index (χ0v) is 15.3. The number of rotatable bonds is 5. The van der Waals surface area contributed by atoms with Crippen molar-refractivity contribution in [3.05, 3.63) is 77.4 Å². The van der Waals surface area contributed by atoms with Gasteiger partial charge in [-0.15, -0.1) is 6.58 Å². The molecule has 4 nitrogen and oxygen atoms in total. The number of aryl methyl sites for hydroxylation is 2. The maximum absolute atomic E-state index is 13.0. The Bertz CT molecular complexity index is 933. The number of fused-ring (bicyclic) bond motifs is 2. The number of para-hydroxylation sites is 1. The van der Waals surface area contributed by atoms with Gasteiger partial charge in [0.1, 0.15) is 0 Å². The quantitative estimate of drug-likeness (QED) is 0.654. The minimum absolute atomic E-state index is 0.213. The van der Waals surface area contributed by atoms with E-state index in [-0.39, 0.29) is 12.2 Å². The van der Waals surface area contributed by atoms with E-state index >= 15 is 0 Å². The largest absolute Gasteiger partial charge is 0.375 e. The van der Waals surface area contributed by atoms with Crippen molar-refractivity contribution in [2.45, 2.75) is 37.7 Å². The molecule has 0 aromatic heterocycles. The van der Waals surface area contributed by atoms with E-state index in [1.54, 1.807) is 24.3 Å². The lowest BCUT2D eigenvalue weighted by atomic mass is 9.85. The maximum Gasteiger partial charge on any atom is 0.264 e. The molecular formula is C23H23NO3. The average Bonchev–Trinajstić information content (AvgIpc) is 2.90. The molecule has 1 heterocycles. The van der Waals surface area contributed by atoms with E-state index in [2.05, 4.69) is 6.58 Å². The zero-order chi connectivity index (χ0) is 19.0. The van der Waals surface area contributed by atoms with Crippen LogP contribution >= 0.6 is 0 Å².